The highest BCUT2D eigenvalue weighted by Crippen LogP contribution is 2.43. The summed E-state index contributed by atoms with van der Waals surface area (Å²) in [6.45, 7) is 9.04. The molecule has 0 spiro atoms. The van der Waals surface area contributed by atoms with Crippen LogP contribution < -0.4 is 16.0 Å². The number of anilines is 3. The smallest absolute Gasteiger partial charge is 0.227 e. The molecule has 1 aliphatic carbocycles. The van der Waals surface area contributed by atoms with Crippen LogP contribution in [-0.4, -0.2) is 47.1 Å². The lowest BCUT2D eigenvalue weighted by atomic mass is 9.94. The van der Waals surface area contributed by atoms with Crippen molar-refractivity contribution >= 4 is 34.5 Å². The fourth-order valence-electron chi connectivity index (χ4n) is 6.46. The summed E-state index contributed by atoms with van der Waals surface area (Å²) in [6, 6.07) is 14.1. The Hall–Kier alpha value is -3.09. The highest BCUT2D eigenvalue weighted by molar-refractivity contribution is 6.32. The lowest BCUT2D eigenvalue weighted by Crippen LogP contribution is -2.43. The number of halogens is 1. The Morgan fingerprint density at radius 3 is 2.52 bits per heavy atom. The molecule has 0 atom stereocenters. The molecule has 40 heavy (non-hydrogen) atoms. The maximum Gasteiger partial charge on any atom is 0.227 e. The fourth-order valence-corrected chi connectivity index (χ4v) is 6.65. The van der Waals surface area contributed by atoms with Crippen LogP contribution in [0.3, 0.4) is 0 Å². The van der Waals surface area contributed by atoms with E-state index in [9.17, 15) is 0 Å². The zero-order chi connectivity index (χ0) is 27.6. The van der Waals surface area contributed by atoms with Gasteiger partial charge in [0.25, 0.3) is 0 Å². The minimum absolute atomic E-state index is 0.484. The highest BCUT2D eigenvalue weighted by atomic mass is 35.5. The zero-order valence-corrected chi connectivity index (χ0v) is 24.6. The minimum atomic E-state index is 0.484. The number of piperidine rings is 1. The Balaban J connectivity index is 1.25. The third kappa shape index (κ3) is 5.84. The average molecular weight is 557 g/mol. The molecule has 2 aromatic carbocycles. The third-order valence-electron chi connectivity index (χ3n) is 8.83. The Morgan fingerprint density at radius 1 is 1.05 bits per heavy atom. The first-order valence-corrected chi connectivity index (χ1v) is 15.4. The van der Waals surface area contributed by atoms with Gasteiger partial charge in [-0.3, -0.25) is 0 Å². The first-order chi connectivity index (χ1) is 19.5. The molecule has 2 saturated heterocycles. The lowest BCUT2D eigenvalue weighted by molar-refractivity contribution is 0.208. The van der Waals surface area contributed by atoms with E-state index in [4.69, 9.17) is 22.3 Å². The molecule has 3 aromatic rings. The van der Waals surface area contributed by atoms with Crippen molar-refractivity contribution in [1.29, 1.82) is 0 Å². The fraction of sp³-hybridized carbons (Fsp3) is 0.455. The molecule has 0 bridgehead atoms. The van der Waals surface area contributed by atoms with Crippen LogP contribution in [0, 0.1) is 6.92 Å². The minimum Gasteiger partial charge on any atom is -0.404 e. The van der Waals surface area contributed by atoms with Crippen LogP contribution in [0.5, 0.6) is 0 Å². The standard InChI is InChI=1S/C33H41ClN6/c1-3-23-16-22(2)6-9-29(23)30(20-35)32-31(34)21-36-33(38-32)37-26-17-25(24-7-8-24)18-28(19-26)40-14-10-27(11-15-40)39-12-4-5-13-39/h6,9,16-21,24,27H,3-5,7-8,10-15,35H2,1-2H3,(H,36,37,38)/b30-20+. The molecule has 0 amide bonds. The maximum absolute atomic E-state index is 6.65. The summed E-state index contributed by atoms with van der Waals surface area (Å²) >= 11 is 6.65. The van der Waals surface area contributed by atoms with Crippen LogP contribution in [0.4, 0.5) is 17.3 Å². The van der Waals surface area contributed by atoms with E-state index in [1.54, 1.807) is 12.4 Å². The number of nitrogens with zero attached hydrogens (tertiary/aromatic N) is 4. The highest BCUT2D eigenvalue weighted by Gasteiger charge is 2.29. The van der Waals surface area contributed by atoms with E-state index in [2.05, 4.69) is 70.3 Å². The molecule has 3 N–H and O–H groups in total. The van der Waals surface area contributed by atoms with Gasteiger partial charge in [-0.2, -0.15) is 0 Å². The SMILES string of the molecule is CCc1cc(C)ccc1/C(=C\N)c1nc(Nc2cc(C3CC3)cc(N3CCC(N4CCCC4)CC3)c2)ncc1Cl. The van der Waals surface area contributed by atoms with Gasteiger partial charge < -0.3 is 20.9 Å². The quantitative estimate of drug-likeness (QED) is 0.310. The summed E-state index contributed by atoms with van der Waals surface area (Å²) in [5, 5.41) is 4.00. The number of aromatic nitrogens is 2. The molecule has 7 heteroatoms. The molecule has 1 aromatic heterocycles. The van der Waals surface area contributed by atoms with Crippen molar-refractivity contribution in [2.24, 2.45) is 5.73 Å². The van der Waals surface area contributed by atoms with E-state index in [1.807, 2.05) is 0 Å². The number of hydrogen-bond donors (Lipinski definition) is 2. The van der Waals surface area contributed by atoms with Gasteiger partial charge in [-0.05, 0) is 106 Å². The average Bonchev–Trinajstić information content (AvgIpc) is 3.69. The summed E-state index contributed by atoms with van der Waals surface area (Å²) in [5.41, 5.74) is 14.9. The Labute approximate surface area is 243 Å². The predicted molar refractivity (Wildman–Crippen MR) is 167 cm³/mol. The number of nitrogens with one attached hydrogen (secondary N) is 1. The van der Waals surface area contributed by atoms with Crippen molar-refractivity contribution in [3.05, 3.63) is 81.8 Å². The van der Waals surface area contributed by atoms with Crippen molar-refractivity contribution in [3.63, 3.8) is 0 Å². The first kappa shape index (κ1) is 27.1. The number of benzene rings is 2. The van der Waals surface area contributed by atoms with Crippen LogP contribution in [0.1, 0.15) is 79.3 Å². The molecule has 6 nitrogen and oxygen atoms in total. The van der Waals surface area contributed by atoms with Gasteiger partial charge >= 0.3 is 0 Å². The van der Waals surface area contributed by atoms with Gasteiger partial charge in [-0.1, -0.05) is 42.3 Å². The largest absolute Gasteiger partial charge is 0.404 e. The molecule has 210 valence electrons. The molecule has 3 fully saturated rings. The van der Waals surface area contributed by atoms with Crippen LogP contribution in [-0.2, 0) is 6.42 Å². The molecule has 3 aliphatic rings. The number of nitrogens with two attached hydrogens (primary N) is 1. The van der Waals surface area contributed by atoms with E-state index >= 15 is 0 Å². The lowest BCUT2D eigenvalue weighted by Gasteiger charge is -2.38. The van der Waals surface area contributed by atoms with Crippen molar-refractivity contribution in [2.75, 3.05) is 36.4 Å². The van der Waals surface area contributed by atoms with Gasteiger partial charge in [-0.25, -0.2) is 9.97 Å². The summed E-state index contributed by atoms with van der Waals surface area (Å²) in [5.74, 6) is 1.18. The van der Waals surface area contributed by atoms with Crippen molar-refractivity contribution < 1.29 is 0 Å². The number of hydrogen-bond acceptors (Lipinski definition) is 6. The van der Waals surface area contributed by atoms with Gasteiger partial charge in [0.1, 0.15) is 0 Å². The Bertz CT molecular complexity index is 1380. The van der Waals surface area contributed by atoms with Crippen LogP contribution in [0.15, 0.2) is 48.8 Å². The van der Waals surface area contributed by atoms with Gasteiger partial charge in [-0.15, -0.1) is 0 Å². The monoisotopic (exact) mass is 556 g/mol. The normalized spacial score (nSPS) is 18.9. The second-order valence-electron chi connectivity index (χ2n) is 11.7. The van der Waals surface area contributed by atoms with E-state index in [1.165, 1.54) is 74.0 Å². The molecular weight excluding hydrogens is 516 g/mol. The number of aryl methyl sites for hydroxylation is 2. The van der Waals surface area contributed by atoms with Crippen LogP contribution in [0.2, 0.25) is 5.02 Å². The van der Waals surface area contributed by atoms with Gasteiger partial charge in [0.15, 0.2) is 0 Å². The summed E-state index contributed by atoms with van der Waals surface area (Å²) in [7, 11) is 0. The Morgan fingerprint density at radius 2 is 1.82 bits per heavy atom. The van der Waals surface area contributed by atoms with Crippen LogP contribution >= 0.6 is 11.6 Å². The van der Waals surface area contributed by atoms with E-state index < -0.39 is 0 Å². The predicted octanol–water partition coefficient (Wildman–Crippen LogP) is 7.03. The van der Waals surface area contributed by atoms with E-state index in [-0.39, 0.29) is 0 Å². The van der Waals surface area contributed by atoms with E-state index in [0.29, 0.717) is 22.6 Å². The number of rotatable bonds is 8. The zero-order valence-electron chi connectivity index (χ0n) is 23.8. The van der Waals surface area contributed by atoms with Crippen molar-refractivity contribution in [3.8, 4) is 0 Å². The molecule has 6 rings (SSSR count). The van der Waals surface area contributed by atoms with Crippen molar-refractivity contribution in [2.45, 2.75) is 70.8 Å². The van der Waals surface area contributed by atoms with Gasteiger partial charge in [0.2, 0.25) is 5.95 Å². The Kier molecular flexibility index (Phi) is 7.99. The van der Waals surface area contributed by atoms with Crippen LogP contribution in [0.25, 0.3) is 5.57 Å². The molecule has 0 radical (unpaired) electrons. The number of likely N-dealkylation sites (tertiary alicyclic amines) is 1. The topological polar surface area (TPSA) is 70.3 Å². The second kappa shape index (κ2) is 11.8. The summed E-state index contributed by atoms with van der Waals surface area (Å²) < 4.78 is 0. The summed E-state index contributed by atoms with van der Waals surface area (Å²) in [6.07, 6.45) is 11.9. The summed E-state index contributed by atoms with van der Waals surface area (Å²) in [4.78, 5) is 14.7. The van der Waals surface area contributed by atoms with E-state index in [0.717, 1.165) is 42.4 Å². The second-order valence-corrected chi connectivity index (χ2v) is 12.1. The van der Waals surface area contributed by atoms with Crippen molar-refractivity contribution in [1.82, 2.24) is 14.9 Å². The molecular formula is C33H41ClN6. The molecule has 3 heterocycles. The maximum atomic E-state index is 6.65. The van der Waals surface area contributed by atoms with Gasteiger partial charge in [0.05, 0.1) is 16.9 Å². The molecule has 1 saturated carbocycles. The molecule has 0 unspecified atom stereocenters. The first-order valence-electron chi connectivity index (χ1n) is 15.0. The third-order valence-corrected chi connectivity index (χ3v) is 9.11. The van der Waals surface area contributed by atoms with Gasteiger partial charge in [0, 0.05) is 42.3 Å². The molecule has 2 aliphatic heterocycles.